The lowest BCUT2D eigenvalue weighted by atomic mass is 10.3. The van der Waals surface area contributed by atoms with Crippen molar-refractivity contribution >= 4 is 46.2 Å². The predicted octanol–water partition coefficient (Wildman–Crippen LogP) is 4.29. The Morgan fingerprint density at radius 3 is 2.68 bits per heavy atom. The van der Waals surface area contributed by atoms with Crippen LogP contribution in [0.2, 0.25) is 10.0 Å². The maximum Gasteiger partial charge on any atom is 0.308 e. The molecule has 0 aliphatic heterocycles. The van der Waals surface area contributed by atoms with Crippen molar-refractivity contribution in [3.05, 3.63) is 50.1 Å². The van der Waals surface area contributed by atoms with E-state index in [1.54, 1.807) is 6.07 Å². The van der Waals surface area contributed by atoms with E-state index in [9.17, 15) is 4.79 Å². The fraction of sp³-hybridized carbons (Fsp3) is 0.154. The van der Waals surface area contributed by atoms with Crippen molar-refractivity contribution in [3.63, 3.8) is 0 Å². The molecule has 0 aliphatic rings. The van der Waals surface area contributed by atoms with E-state index in [4.69, 9.17) is 28.3 Å². The van der Waals surface area contributed by atoms with Gasteiger partial charge in [-0.2, -0.15) is 0 Å². The molecule has 1 aromatic heterocycles. The number of thiophene rings is 1. The van der Waals surface area contributed by atoms with E-state index in [0.29, 0.717) is 16.6 Å². The average Bonchev–Trinajstić information content (AvgIpc) is 2.78. The molecule has 19 heavy (non-hydrogen) atoms. The number of aliphatic carboxylic acids is 1. The van der Waals surface area contributed by atoms with Crippen molar-refractivity contribution in [1.29, 1.82) is 0 Å². The number of carbonyl (C=O) groups is 1. The van der Waals surface area contributed by atoms with E-state index in [-0.39, 0.29) is 6.42 Å². The van der Waals surface area contributed by atoms with Gasteiger partial charge < -0.3 is 10.4 Å². The molecule has 100 valence electrons. The van der Waals surface area contributed by atoms with Crippen LogP contribution in [-0.4, -0.2) is 11.1 Å². The summed E-state index contributed by atoms with van der Waals surface area (Å²) in [4.78, 5) is 12.5. The number of nitrogens with one attached hydrogen (secondary N) is 1. The normalized spacial score (nSPS) is 10.4. The lowest BCUT2D eigenvalue weighted by Gasteiger charge is -2.07. The lowest BCUT2D eigenvalue weighted by Crippen LogP contribution is -1.98. The molecule has 0 spiro atoms. The van der Waals surface area contributed by atoms with E-state index in [1.807, 2.05) is 24.3 Å². The molecule has 0 saturated heterocycles. The van der Waals surface area contributed by atoms with Crippen LogP contribution in [0.15, 0.2) is 30.3 Å². The molecule has 1 heterocycles. The second-order valence-corrected chi connectivity index (χ2v) is 5.93. The number of benzene rings is 1. The minimum absolute atomic E-state index is 0.0581. The topological polar surface area (TPSA) is 49.3 Å². The fourth-order valence-electron chi connectivity index (χ4n) is 1.58. The molecule has 0 saturated carbocycles. The molecule has 2 aromatic rings. The molecule has 3 nitrogen and oxygen atoms in total. The second-order valence-electron chi connectivity index (χ2n) is 3.89. The first-order valence-electron chi connectivity index (χ1n) is 5.53. The van der Waals surface area contributed by atoms with Crippen molar-refractivity contribution in [2.45, 2.75) is 13.0 Å². The Labute approximate surface area is 124 Å². The molecule has 0 radical (unpaired) electrons. The highest BCUT2D eigenvalue weighted by molar-refractivity contribution is 7.12. The van der Waals surface area contributed by atoms with Gasteiger partial charge in [-0.05, 0) is 24.3 Å². The van der Waals surface area contributed by atoms with Gasteiger partial charge in [-0.15, -0.1) is 11.3 Å². The molecular weight excluding hydrogens is 305 g/mol. The largest absolute Gasteiger partial charge is 0.481 e. The van der Waals surface area contributed by atoms with Gasteiger partial charge in [0.1, 0.15) is 0 Å². The standard InChI is InChI=1S/C13H11Cl2NO2S/c14-10-2-1-3-11(13(10)15)16-7-9-5-4-8(19-9)6-12(17)18/h1-5,16H,6-7H2,(H,17,18). The molecule has 0 aliphatic carbocycles. The minimum atomic E-state index is -0.820. The summed E-state index contributed by atoms with van der Waals surface area (Å²) in [6.45, 7) is 0.588. The smallest absolute Gasteiger partial charge is 0.308 e. The Morgan fingerprint density at radius 2 is 1.95 bits per heavy atom. The summed E-state index contributed by atoms with van der Waals surface area (Å²) in [5.41, 5.74) is 0.766. The number of rotatable bonds is 5. The minimum Gasteiger partial charge on any atom is -0.481 e. The highest BCUT2D eigenvalue weighted by Crippen LogP contribution is 2.30. The predicted molar refractivity (Wildman–Crippen MR) is 79.4 cm³/mol. The number of anilines is 1. The van der Waals surface area contributed by atoms with Gasteiger partial charge in [0.25, 0.3) is 0 Å². The van der Waals surface area contributed by atoms with Crippen molar-refractivity contribution in [2.75, 3.05) is 5.32 Å². The van der Waals surface area contributed by atoms with Gasteiger partial charge in [0.05, 0.1) is 22.2 Å². The lowest BCUT2D eigenvalue weighted by molar-refractivity contribution is -0.136. The first-order chi connectivity index (χ1) is 9.06. The van der Waals surface area contributed by atoms with Gasteiger partial charge in [0, 0.05) is 16.3 Å². The van der Waals surface area contributed by atoms with Gasteiger partial charge in [0.2, 0.25) is 0 Å². The summed E-state index contributed by atoms with van der Waals surface area (Å²) >= 11 is 13.5. The Morgan fingerprint density at radius 1 is 1.21 bits per heavy atom. The molecular formula is C13H11Cl2NO2S. The molecule has 0 bridgehead atoms. The Balaban J connectivity index is 2.00. The van der Waals surface area contributed by atoms with Crippen LogP contribution in [0.25, 0.3) is 0 Å². The number of carboxylic acids is 1. The fourth-order valence-corrected chi connectivity index (χ4v) is 2.90. The van der Waals surface area contributed by atoms with Crippen molar-refractivity contribution in [3.8, 4) is 0 Å². The van der Waals surface area contributed by atoms with Crippen LogP contribution >= 0.6 is 34.5 Å². The van der Waals surface area contributed by atoms with Gasteiger partial charge in [0.15, 0.2) is 0 Å². The highest BCUT2D eigenvalue weighted by atomic mass is 35.5. The third-order valence-electron chi connectivity index (χ3n) is 2.45. The molecule has 2 N–H and O–H groups in total. The van der Waals surface area contributed by atoms with Crippen LogP contribution in [0.4, 0.5) is 5.69 Å². The van der Waals surface area contributed by atoms with E-state index < -0.39 is 5.97 Å². The van der Waals surface area contributed by atoms with Crippen molar-refractivity contribution < 1.29 is 9.90 Å². The number of halogens is 2. The third-order valence-corrected chi connectivity index (χ3v) is 4.35. The van der Waals surface area contributed by atoms with Crippen LogP contribution in [0.3, 0.4) is 0 Å². The zero-order chi connectivity index (χ0) is 13.8. The van der Waals surface area contributed by atoms with Gasteiger partial charge in [-0.1, -0.05) is 29.3 Å². The Kier molecular flexibility index (Phi) is 4.69. The zero-order valence-electron chi connectivity index (χ0n) is 9.82. The summed E-state index contributed by atoms with van der Waals surface area (Å²) in [5, 5.41) is 12.9. The summed E-state index contributed by atoms with van der Waals surface area (Å²) in [5.74, 6) is -0.820. The van der Waals surface area contributed by atoms with Crippen molar-refractivity contribution in [2.24, 2.45) is 0 Å². The van der Waals surface area contributed by atoms with Gasteiger partial charge >= 0.3 is 5.97 Å². The summed E-state index contributed by atoms with van der Waals surface area (Å²) < 4.78 is 0. The Hall–Kier alpha value is -1.23. The first kappa shape index (κ1) is 14.2. The third kappa shape index (κ3) is 3.86. The van der Waals surface area contributed by atoms with Crippen LogP contribution in [0.5, 0.6) is 0 Å². The summed E-state index contributed by atoms with van der Waals surface area (Å²) in [6.07, 6.45) is 0.0581. The van der Waals surface area contributed by atoms with Crippen LogP contribution in [-0.2, 0) is 17.8 Å². The average molecular weight is 316 g/mol. The second kappa shape index (κ2) is 6.28. The molecule has 6 heteroatoms. The van der Waals surface area contributed by atoms with Gasteiger partial charge in [-0.25, -0.2) is 0 Å². The summed E-state index contributed by atoms with van der Waals surface area (Å²) in [7, 11) is 0. The monoisotopic (exact) mass is 315 g/mol. The molecule has 0 fully saturated rings. The quantitative estimate of drug-likeness (QED) is 0.865. The molecule has 0 amide bonds. The number of carboxylic acid groups (broad SMARTS) is 1. The zero-order valence-corrected chi connectivity index (χ0v) is 12.1. The van der Waals surface area contributed by atoms with Crippen LogP contribution < -0.4 is 5.32 Å². The maximum absolute atomic E-state index is 10.6. The number of hydrogen-bond donors (Lipinski definition) is 2. The molecule has 0 atom stereocenters. The SMILES string of the molecule is O=C(O)Cc1ccc(CNc2cccc(Cl)c2Cl)s1. The first-order valence-corrected chi connectivity index (χ1v) is 7.11. The number of hydrogen-bond acceptors (Lipinski definition) is 3. The summed E-state index contributed by atoms with van der Waals surface area (Å²) in [6, 6.07) is 9.13. The van der Waals surface area contributed by atoms with Crippen LogP contribution in [0, 0.1) is 0 Å². The highest BCUT2D eigenvalue weighted by Gasteiger charge is 2.06. The molecule has 1 aromatic carbocycles. The van der Waals surface area contributed by atoms with Crippen LogP contribution in [0.1, 0.15) is 9.75 Å². The Bertz CT molecular complexity index is 598. The van der Waals surface area contributed by atoms with Crippen molar-refractivity contribution in [1.82, 2.24) is 0 Å². The van der Waals surface area contributed by atoms with E-state index in [1.165, 1.54) is 11.3 Å². The maximum atomic E-state index is 10.6. The molecule has 2 rings (SSSR count). The van der Waals surface area contributed by atoms with E-state index >= 15 is 0 Å². The van der Waals surface area contributed by atoms with E-state index in [0.717, 1.165) is 15.4 Å². The molecule has 0 unspecified atom stereocenters. The van der Waals surface area contributed by atoms with Gasteiger partial charge in [-0.3, -0.25) is 4.79 Å². The van der Waals surface area contributed by atoms with E-state index in [2.05, 4.69) is 5.32 Å².